The molecule has 0 aliphatic rings. The molecule has 0 fully saturated rings. The van der Waals surface area contributed by atoms with E-state index in [-0.39, 0.29) is 5.82 Å². The van der Waals surface area contributed by atoms with Gasteiger partial charge in [0.1, 0.15) is 11.6 Å². The lowest BCUT2D eigenvalue weighted by molar-refractivity contribution is 0.133. The molecule has 4 heteroatoms. The zero-order chi connectivity index (χ0) is 12.1. The van der Waals surface area contributed by atoms with Crippen LogP contribution in [-0.2, 0) is 0 Å². The van der Waals surface area contributed by atoms with E-state index in [1.54, 1.807) is 0 Å². The fraction of sp³-hybridized carbons (Fsp3) is 0.500. The van der Waals surface area contributed by atoms with E-state index in [9.17, 15) is 9.50 Å². The molecule has 0 aliphatic carbocycles. The van der Waals surface area contributed by atoms with Crippen molar-refractivity contribution in [2.45, 2.75) is 31.9 Å². The second-order valence-corrected chi connectivity index (χ2v) is 3.77. The third kappa shape index (κ3) is 2.93. The molecule has 2 atom stereocenters. The first-order valence-electron chi connectivity index (χ1n) is 5.37. The third-order valence-electron chi connectivity index (χ3n) is 2.55. The van der Waals surface area contributed by atoms with Crippen LogP contribution in [0.15, 0.2) is 18.2 Å². The van der Waals surface area contributed by atoms with Crippen LogP contribution >= 0.6 is 0 Å². The van der Waals surface area contributed by atoms with Gasteiger partial charge in [0, 0.05) is 5.56 Å². The van der Waals surface area contributed by atoms with Crippen LogP contribution in [0.5, 0.6) is 5.75 Å². The quantitative estimate of drug-likeness (QED) is 0.808. The van der Waals surface area contributed by atoms with Crippen molar-refractivity contribution in [1.82, 2.24) is 0 Å². The van der Waals surface area contributed by atoms with Crippen LogP contribution < -0.4 is 10.5 Å². The van der Waals surface area contributed by atoms with Gasteiger partial charge in [-0.15, -0.1) is 0 Å². The second-order valence-electron chi connectivity index (χ2n) is 3.77. The molecule has 0 bridgehead atoms. The van der Waals surface area contributed by atoms with Gasteiger partial charge in [0.15, 0.2) is 0 Å². The van der Waals surface area contributed by atoms with Gasteiger partial charge in [0.2, 0.25) is 0 Å². The predicted octanol–water partition coefficient (Wildman–Crippen LogP) is 2.00. The molecular weight excluding hydrogens is 209 g/mol. The van der Waals surface area contributed by atoms with Gasteiger partial charge in [-0.2, -0.15) is 0 Å². The van der Waals surface area contributed by atoms with Crippen LogP contribution in [0.4, 0.5) is 4.39 Å². The lowest BCUT2D eigenvalue weighted by atomic mass is 9.98. The summed E-state index contributed by atoms with van der Waals surface area (Å²) < 4.78 is 18.2. The van der Waals surface area contributed by atoms with Gasteiger partial charge in [0.25, 0.3) is 0 Å². The first-order chi connectivity index (χ1) is 7.60. The largest absolute Gasteiger partial charge is 0.496 e. The molecule has 0 saturated carbocycles. The number of nitrogens with two attached hydrogens (primary N) is 1. The Bertz CT molecular complexity index is 344. The fourth-order valence-electron chi connectivity index (χ4n) is 1.65. The maximum Gasteiger partial charge on any atom is 0.123 e. The van der Waals surface area contributed by atoms with Crippen LogP contribution in [0.25, 0.3) is 0 Å². The Morgan fingerprint density at radius 3 is 2.75 bits per heavy atom. The lowest BCUT2D eigenvalue weighted by Gasteiger charge is -2.20. The van der Waals surface area contributed by atoms with Crippen LogP contribution in [0.3, 0.4) is 0 Å². The van der Waals surface area contributed by atoms with E-state index >= 15 is 0 Å². The molecule has 0 saturated heterocycles. The van der Waals surface area contributed by atoms with Gasteiger partial charge in [-0.25, -0.2) is 4.39 Å². The van der Waals surface area contributed by atoms with E-state index in [1.165, 1.54) is 25.3 Å². The van der Waals surface area contributed by atoms with Crippen molar-refractivity contribution in [3.8, 4) is 5.75 Å². The highest BCUT2D eigenvalue weighted by Crippen LogP contribution is 2.27. The van der Waals surface area contributed by atoms with Crippen molar-refractivity contribution >= 4 is 0 Å². The zero-order valence-electron chi connectivity index (χ0n) is 9.61. The minimum absolute atomic E-state index is 0.380. The normalized spacial score (nSPS) is 14.6. The summed E-state index contributed by atoms with van der Waals surface area (Å²) in [6, 6.07) is 3.51. The molecular formula is C12H18FNO2. The summed E-state index contributed by atoms with van der Waals surface area (Å²) in [5.74, 6) is 0.124. The molecule has 3 N–H and O–H groups in total. The van der Waals surface area contributed by atoms with Gasteiger partial charge in [-0.05, 0) is 24.6 Å². The maximum absolute atomic E-state index is 13.1. The van der Waals surface area contributed by atoms with Crippen molar-refractivity contribution in [1.29, 1.82) is 0 Å². The Hall–Kier alpha value is -1.13. The number of benzene rings is 1. The highest BCUT2D eigenvalue weighted by atomic mass is 19.1. The first kappa shape index (κ1) is 12.9. The predicted molar refractivity (Wildman–Crippen MR) is 60.8 cm³/mol. The highest BCUT2D eigenvalue weighted by Gasteiger charge is 2.20. The van der Waals surface area contributed by atoms with Crippen LogP contribution in [0, 0.1) is 5.82 Å². The number of halogens is 1. The second kappa shape index (κ2) is 5.82. The molecule has 0 aromatic heterocycles. The summed E-state index contributed by atoms with van der Waals surface area (Å²) in [6.45, 7) is 1.96. The molecule has 1 aromatic carbocycles. The highest BCUT2D eigenvalue weighted by molar-refractivity contribution is 5.36. The number of hydrogen-bond acceptors (Lipinski definition) is 3. The number of aliphatic hydroxyl groups is 1. The van der Waals surface area contributed by atoms with Crippen molar-refractivity contribution in [3.05, 3.63) is 29.6 Å². The molecule has 0 aliphatic heterocycles. The molecule has 0 amide bonds. The minimum Gasteiger partial charge on any atom is -0.496 e. The summed E-state index contributed by atoms with van der Waals surface area (Å²) in [6.07, 6.45) is 0.730. The standard InChI is InChI=1S/C12H18FNO2/c1-3-4-10(15)12(14)9-7-8(13)5-6-11(9)16-2/h5-7,10,12,15H,3-4,14H2,1-2H3/t10-,12+/m1/s1. The minimum atomic E-state index is -0.680. The topological polar surface area (TPSA) is 55.5 Å². The number of methoxy groups -OCH3 is 1. The van der Waals surface area contributed by atoms with E-state index in [4.69, 9.17) is 10.5 Å². The van der Waals surface area contributed by atoms with Crippen molar-refractivity contribution in [2.24, 2.45) is 5.73 Å². The summed E-state index contributed by atoms with van der Waals surface area (Å²) in [5.41, 5.74) is 6.38. The number of aliphatic hydroxyl groups excluding tert-OH is 1. The van der Waals surface area contributed by atoms with Gasteiger partial charge in [0.05, 0.1) is 19.3 Å². The summed E-state index contributed by atoms with van der Waals surface area (Å²) in [7, 11) is 1.50. The van der Waals surface area contributed by atoms with Crippen LogP contribution in [-0.4, -0.2) is 18.3 Å². The lowest BCUT2D eigenvalue weighted by Crippen LogP contribution is -2.26. The number of rotatable bonds is 5. The summed E-state index contributed by atoms with van der Waals surface area (Å²) in [4.78, 5) is 0. The average molecular weight is 227 g/mol. The van der Waals surface area contributed by atoms with Crippen LogP contribution in [0.1, 0.15) is 31.4 Å². The Balaban J connectivity index is 2.96. The monoisotopic (exact) mass is 227 g/mol. The molecule has 3 nitrogen and oxygen atoms in total. The van der Waals surface area contributed by atoms with Gasteiger partial charge < -0.3 is 15.6 Å². The smallest absolute Gasteiger partial charge is 0.123 e. The Kier molecular flexibility index (Phi) is 4.71. The van der Waals surface area contributed by atoms with E-state index in [0.717, 1.165) is 6.42 Å². The van der Waals surface area contributed by atoms with E-state index in [1.807, 2.05) is 6.92 Å². The number of hydrogen-bond donors (Lipinski definition) is 2. The molecule has 0 unspecified atom stereocenters. The van der Waals surface area contributed by atoms with Crippen molar-refractivity contribution < 1.29 is 14.2 Å². The first-order valence-corrected chi connectivity index (χ1v) is 5.37. The molecule has 16 heavy (non-hydrogen) atoms. The van der Waals surface area contributed by atoms with Crippen molar-refractivity contribution in [3.63, 3.8) is 0 Å². The summed E-state index contributed by atoms with van der Waals surface area (Å²) >= 11 is 0. The number of ether oxygens (including phenoxy) is 1. The Morgan fingerprint density at radius 1 is 1.50 bits per heavy atom. The van der Waals surface area contributed by atoms with E-state index in [0.29, 0.717) is 17.7 Å². The van der Waals surface area contributed by atoms with Crippen LogP contribution in [0.2, 0.25) is 0 Å². The molecule has 0 heterocycles. The third-order valence-corrected chi connectivity index (χ3v) is 2.55. The Labute approximate surface area is 95.0 Å². The van der Waals surface area contributed by atoms with Crippen molar-refractivity contribution in [2.75, 3.05) is 7.11 Å². The van der Waals surface area contributed by atoms with Gasteiger partial charge in [-0.1, -0.05) is 13.3 Å². The molecule has 90 valence electrons. The molecule has 1 rings (SSSR count). The molecule has 0 spiro atoms. The molecule has 0 radical (unpaired) electrons. The average Bonchev–Trinajstić information content (AvgIpc) is 2.28. The zero-order valence-corrected chi connectivity index (χ0v) is 9.61. The fourth-order valence-corrected chi connectivity index (χ4v) is 1.65. The van der Waals surface area contributed by atoms with Gasteiger partial charge >= 0.3 is 0 Å². The van der Waals surface area contributed by atoms with E-state index in [2.05, 4.69) is 0 Å². The maximum atomic E-state index is 13.1. The van der Waals surface area contributed by atoms with E-state index < -0.39 is 12.1 Å². The van der Waals surface area contributed by atoms with Gasteiger partial charge in [-0.3, -0.25) is 0 Å². The summed E-state index contributed by atoms with van der Waals surface area (Å²) in [5, 5.41) is 9.78. The Morgan fingerprint density at radius 2 is 2.19 bits per heavy atom. The SMILES string of the molecule is CCC[C@@H](O)[C@@H](N)c1cc(F)ccc1OC. The molecule has 1 aromatic rings.